The lowest BCUT2D eigenvalue weighted by Gasteiger charge is -2.20. The minimum Gasteiger partial charge on any atom is -0.272 e. The van der Waals surface area contributed by atoms with E-state index >= 15 is 0 Å². The normalized spacial score (nSPS) is 16.1. The van der Waals surface area contributed by atoms with E-state index < -0.39 is 0 Å². The first kappa shape index (κ1) is 19.2. The number of thiophene rings is 2. The maximum atomic E-state index is 13.1. The number of benzene rings is 1. The van der Waals surface area contributed by atoms with E-state index in [2.05, 4.69) is 32.4 Å². The molecule has 0 saturated carbocycles. The summed E-state index contributed by atoms with van der Waals surface area (Å²) in [5.74, 6) is 0.882. The largest absolute Gasteiger partial charge is 0.272 e. The van der Waals surface area contributed by atoms with Crippen molar-refractivity contribution in [1.29, 1.82) is 0 Å². The van der Waals surface area contributed by atoms with Crippen LogP contribution in [0.1, 0.15) is 22.2 Å². The number of hydrazone groups is 1. The molecule has 4 heterocycles. The van der Waals surface area contributed by atoms with Crippen molar-refractivity contribution in [3.8, 4) is 11.4 Å². The van der Waals surface area contributed by atoms with Gasteiger partial charge in [0.15, 0.2) is 5.82 Å². The lowest BCUT2D eigenvalue weighted by atomic mass is 10.1. The van der Waals surface area contributed by atoms with Crippen LogP contribution in [0.15, 0.2) is 75.6 Å². The van der Waals surface area contributed by atoms with Crippen LogP contribution in [0.4, 0.5) is 0 Å². The zero-order valence-corrected chi connectivity index (χ0v) is 18.2. The Morgan fingerprint density at radius 1 is 1.10 bits per heavy atom. The number of hydrogen-bond donors (Lipinski definition) is 1. The second-order valence-corrected chi connectivity index (χ2v) is 9.49. The maximum absolute atomic E-state index is 13.1. The lowest BCUT2D eigenvalue weighted by molar-refractivity contribution is -0.130. The minimum atomic E-state index is -0.0535. The molecule has 1 aliphatic heterocycles. The van der Waals surface area contributed by atoms with Gasteiger partial charge in [-0.2, -0.15) is 5.10 Å². The van der Waals surface area contributed by atoms with Crippen molar-refractivity contribution in [2.75, 3.05) is 5.75 Å². The van der Waals surface area contributed by atoms with Crippen LogP contribution >= 0.6 is 34.4 Å². The third-order valence-electron chi connectivity index (χ3n) is 4.68. The van der Waals surface area contributed by atoms with E-state index in [9.17, 15) is 4.79 Å². The number of H-pyrrole nitrogens is 1. The fraction of sp³-hybridized carbons (Fsp3) is 0.143. The zero-order chi connectivity index (χ0) is 20.3. The molecule has 0 bridgehead atoms. The number of aromatic nitrogens is 3. The molecule has 3 aromatic heterocycles. The highest BCUT2D eigenvalue weighted by Gasteiger charge is 2.34. The average molecular weight is 452 g/mol. The molecule has 0 aliphatic carbocycles. The molecule has 9 heteroatoms. The molecular formula is C21H17N5OS3. The number of carbonyl (C=O) groups excluding carboxylic acids is 1. The van der Waals surface area contributed by atoms with Gasteiger partial charge < -0.3 is 0 Å². The second kappa shape index (κ2) is 8.55. The number of amides is 1. The number of nitrogens with one attached hydrogen (secondary N) is 1. The Balaban J connectivity index is 1.31. The summed E-state index contributed by atoms with van der Waals surface area (Å²) < 4.78 is 0. The lowest BCUT2D eigenvalue weighted by Crippen LogP contribution is -2.28. The van der Waals surface area contributed by atoms with Gasteiger partial charge in [0.25, 0.3) is 5.91 Å². The van der Waals surface area contributed by atoms with E-state index in [0.717, 1.165) is 27.5 Å². The van der Waals surface area contributed by atoms with Crippen LogP contribution < -0.4 is 0 Å². The van der Waals surface area contributed by atoms with Crippen molar-refractivity contribution in [3.63, 3.8) is 0 Å². The summed E-state index contributed by atoms with van der Waals surface area (Å²) in [4.78, 5) is 19.8. The number of carbonyl (C=O) groups is 1. The molecule has 1 amide bonds. The van der Waals surface area contributed by atoms with Crippen LogP contribution in [0, 0.1) is 0 Å². The predicted octanol–water partition coefficient (Wildman–Crippen LogP) is 5.06. The Bertz CT molecular complexity index is 1150. The van der Waals surface area contributed by atoms with E-state index in [-0.39, 0.29) is 17.7 Å². The van der Waals surface area contributed by atoms with E-state index in [0.29, 0.717) is 11.0 Å². The van der Waals surface area contributed by atoms with Gasteiger partial charge in [0.05, 0.1) is 22.4 Å². The van der Waals surface area contributed by atoms with Crippen LogP contribution in [0.25, 0.3) is 11.4 Å². The molecule has 6 nitrogen and oxygen atoms in total. The number of rotatable bonds is 6. The summed E-state index contributed by atoms with van der Waals surface area (Å²) >= 11 is 4.63. The Kier molecular flexibility index (Phi) is 5.48. The fourth-order valence-corrected chi connectivity index (χ4v) is 5.45. The van der Waals surface area contributed by atoms with Crippen molar-refractivity contribution >= 4 is 46.1 Å². The van der Waals surface area contributed by atoms with Crippen molar-refractivity contribution in [3.05, 3.63) is 75.1 Å². The van der Waals surface area contributed by atoms with Gasteiger partial charge in [-0.3, -0.25) is 9.89 Å². The molecule has 0 radical (unpaired) electrons. The van der Waals surface area contributed by atoms with Crippen molar-refractivity contribution in [2.45, 2.75) is 17.6 Å². The van der Waals surface area contributed by atoms with Crippen LogP contribution in [0.3, 0.4) is 0 Å². The highest BCUT2D eigenvalue weighted by atomic mass is 32.2. The van der Waals surface area contributed by atoms with Gasteiger partial charge in [-0.05, 0) is 22.9 Å². The molecule has 1 aliphatic rings. The molecule has 1 aromatic carbocycles. The SMILES string of the molecule is O=C(CSc1n[nH]c(-c2ccccc2)n1)N1N=C(c2cccs2)C[C@@H]1c1cccs1. The molecule has 30 heavy (non-hydrogen) atoms. The topological polar surface area (TPSA) is 74.2 Å². The molecular weight excluding hydrogens is 434 g/mol. The van der Waals surface area contributed by atoms with Gasteiger partial charge in [0, 0.05) is 16.9 Å². The molecule has 1 atom stereocenters. The van der Waals surface area contributed by atoms with Gasteiger partial charge in [-0.25, -0.2) is 9.99 Å². The molecule has 5 rings (SSSR count). The quantitative estimate of drug-likeness (QED) is 0.416. The monoisotopic (exact) mass is 451 g/mol. The summed E-state index contributed by atoms with van der Waals surface area (Å²) in [5.41, 5.74) is 1.93. The molecule has 150 valence electrons. The van der Waals surface area contributed by atoms with Gasteiger partial charge in [0.2, 0.25) is 5.16 Å². The third-order valence-corrected chi connectivity index (χ3v) is 7.40. The Morgan fingerprint density at radius 2 is 1.93 bits per heavy atom. The van der Waals surface area contributed by atoms with Crippen LogP contribution in [-0.4, -0.2) is 37.6 Å². The van der Waals surface area contributed by atoms with Gasteiger partial charge in [-0.15, -0.1) is 27.8 Å². The van der Waals surface area contributed by atoms with E-state index in [1.54, 1.807) is 27.7 Å². The first-order valence-electron chi connectivity index (χ1n) is 9.35. The molecule has 0 unspecified atom stereocenters. The first-order valence-corrected chi connectivity index (χ1v) is 12.1. The smallest absolute Gasteiger partial charge is 0.253 e. The molecule has 0 saturated heterocycles. The number of hydrogen-bond acceptors (Lipinski definition) is 7. The number of nitrogens with zero attached hydrogens (tertiary/aromatic N) is 4. The highest BCUT2D eigenvalue weighted by Crippen LogP contribution is 2.36. The Hall–Kier alpha value is -2.75. The summed E-state index contributed by atoms with van der Waals surface area (Å²) in [7, 11) is 0. The Morgan fingerprint density at radius 3 is 2.70 bits per heavy atom. The molecule has 0 spiro atoms. The molecule has 1 N–H and O–H groups in total. The maximum Gasteiger partial charge on any atom is 0.253 e. The number of aromatic amines is 1. The number of thioether (sulfide) groups is 1. The summed E-state index contributed by atoms with van der Waals surface area (Å²) in [6.07, 6.45) is 0.732. The van der Waals surface area contributed by atoms with E-state index in [4.69, 9.17) is 0 Å². The highest BCUT2D eigenvalue weighted by molar-refractivity contribution is 7.99. The second-order valence-electron chi connectivity index (χ2n) is 6.62. The van der Waals surface area contributed by atoms with Crippen molar-refractivity contribution in [1.82, 2.24) is 20.2 Å². The van der Waals surface area contributed by atoms with E-state index in [1.807, 2.05) is 53.2 Å². The van der Waals surface area contributed by atoms with Crippen LogP contribution in [-0.2, 0) is 4.79 Å². The van der Waals surface area contributed by atoms with Crippen molar-refractivity contribution < 1.29 is 4.79 Å². The van der Waals surface area contributed by atoms with Gasteiger partial charge >= 0.3 is 0 Å². The molecule has 4 aromatic rings. The van der Waals surface area contributed by atoms with Crippen molar-refractivity contribution in [2.24, 2.45) is 5.10 Å². The van der Waals surface area contributed by atoms with Crippen LogP contribution in [0.5, 0.6) is 0 Å². The van der Waals surface area contributed by atoms with Gasteiger partial charge in [-0.1, -0.05) is 54.2 Å². The third kappa shape index (κ3) is 3.96. The summed E-state index contributed by atoms with van der Waals surface area (Å²) in [6.45, 7) is 0. The predicted molar refractivity (Wildman–Crippen MR) is 122 cm³/mol. The Labute approximate surface area is 185 Å². The minimum absolute atomic E-state index is 0.0454. The fourth-order valence-electron chi connectivity index (χ4n) is 3.26. The average Bonchev–Trinajstić information content (AvgIpc) is 3.57. The standard InChI is InChI=1S/C21H17N5OS3/c27-19(13-30-21-22-20(23-24-21)14-6-2-1-3-7-14)26-16(18-9-5-11-29-18)12-15(25-26)17-8-4-10-28-17/h1-11,16H,12-13H2,(H,22,23,24)/t16-/m1/s1. The zero-order valence-electron chi connectivity index (χ0n) is 15.8. The first-order chi connectivity index (χ1) is 14.8. The van der Waals surface area contributed by atoms with E-state index in [1.165, 1.54) is 11.8 Å². The summed E-state index contributed by atoms with van der Waals surface area (Å²) in [5, 5.41) is 18.1. The molecule has 0 fully saturated rings. The summed E-state index contributed by atoms with van der Waals surface area (Å²) in [6, 6.07) is 17.9. The van der Waals surface area contributed by atoms with Crippen LogP contribution in [0.2, 0.25) is 0 Å². The van der Waals surface area contributed by atoms with Gasteiger partial charge in [0.1, 0.15) is 0 Å².